The molecule has 3 N–H and O–H groups in total. The quantitative estimate of drug-likeness (QED) is 0.622. The third-order valence-corrected chi connectivity index (χ3v) is 3.82. The van der Waals surface area contributed by atoms with Crippen molar-refractivity contribution in [1.29, 1.82) is 0 Å². The van der Waals surface area contributed by atoms with Gasteiger partial charge in [0.1, 0.15) is 5.75 Å². The predicted octanol–water partition coefficient (Wildman–Crippen LogP) is 2.62. The molecule has 3 nitrogen and oxygen atoms in total. The van der Waals surface area contributed by atoms with Crippen LogP contribution in [0.2, 0.25) is 0 Å². The summed E-state index contributed by atoms with van der Waals surface area (Å²) in [5, 5.41) is 0. The first-order chi connectivity index (χ1) is 8.17. The lowest BCUT2D eigenvalue weighted by Crippen LogP contribution is -2.37. The Bertz CT molecular complexity index is 399. The van der Waals surface area contributed by atoms with Crippen LogP contribution >= 0.6 is 0 Å². The number of methoxy groups -OCH3 is 1. The van der Waals surface area contributed by atoms with E-state index in [1.54, 1.807) is 7.11 Å². The third kappa shape index (κ3) is 2.31. The van der Waals surface area contributed by atoms with Gasteiger partial charge in [-0.2, -0.15) is 0 Å². The van der Waals surface area contributed by atoms with Crippen molar-refractivity contribution < 1.29 is 4.74 Å². The van der Waals surface area contributed by atoms with Gasteiger partial charge >= 0.3 is 0 Å². The van der Waals surface area contributed by atoms with Gasteiger partial charge in [0.15, 0.2) is 0 Å². The lowest BCUT2D eigenvalue weighted by molar-refractivity contribution is 0.227. The number of ether oxygens (including phenoxy) is 1. The molecule has 0 aliphatic heterocycles. The van der Waals surface area contributed by atoms with E-state index < -0.39 is 0 Å². The number of hydrogen-bond donors (Lipinski definition) is 2. The van der Waals surface area contributed by atoms with Crippen LogP contribution in [0.5, 0.6) is 5.75 Å². The smallest absolute Gasteiger partial charge is 0.124 e. The lowest BCUT2D eigenvalue weighted by atomic mass is 9.76. The number of nitrogens with two attached hydrogens (primary N) is 1. The Morgan fingerprint density at radius 3 is 2.53 bits per heavy atom. The standard InChI is InChI=1S/C14H22N2O/c1-9-7-10(2)13(12(8-9)17-3)14(16-15)11-5-4-6-11/h7-8,11,14,16H,4-6,15H2,1-3H3. The Kier molecular flexibility index (Phi) is 3.69. The summed E-state index contributed by atoms with van der Waals surface area (Å²) in [6, 6.07) is 4.51. The largest absolute Gasteiger partial charge is 0.496 e. The lowest BCUT2D eigenvalue weighted by Gasteiger charge is -2.35. The van der Waals surface area contributed by atoms with Gasteiger partial charge in [0.25, 0.3) is 0 Å². The fraction of sp³-hybridized carbons (Fsp3) is 0.571. The molecule has 0 aromatic heterocycles. The zero-order valence-electron chi connectivity index (χ0n) is 10.9. The van der Waals surface area contributed by atoms with Gasteiger partial charge in [-0.15, -0.1) is 0 Å². The van der Waals surface area contributed by atoms with E-state index in [-0.39, 0.29) is 6.04 Å². The van der Waals surface area contributed by atoms with Gasteiger partial charge in [-0.05, 0) is 49.8 Å². The summed E-state index contributed by atoms with van der Waals surface area (Å²) >= 11 is 0. The Morgan fingerprint density at radius 1 is 1.35 bits per heavy atom. The second-order valence-corrected chi connectivity index (χ2v) is 5.03. The van der Waals surface area contributed by atoms with E-state index in [0.29, 0.717) is 5.92 Å². The minimum atomic E-state index is 0.222. The molecule has 0 spiro atoms. The van der Waals surface area contributed by atoms with Gasteiger partial charge in [-0.1, -0.05) is 12.5 Å². The van der Waals surface area contributed by atoms with Crippen molar-refractivity contribution in [3.63, 3.8) is 0 Å². The van der Waals surface area contributed by atoms with Crippen LogP contribution in [0.15, 0.2) is 12.1 Å². The number of hydrazine groups is 1. The molecule has 1 atom stereocenters. The average Bonchev–Trinajstić information content (AvgIpc) is 2.23. The van der Waals surface area contributed by atoms with Crippen LogP contribution in [0, 0.1) is 19.8 Å². The highest BCUT2D eigenvalue weighted by atomic mass is 16.5. The van der Waals surface area contributed by atoms with E-state index in [1.807, 2.05) is 0 Å². The van der Waals surface area contributed by atoms with Crippen molar-refractivity contribution in [2.45, 2.75) is 39.2 Å². The maximum absolute atomic E-state index is 5.74. The van der Waals surface area contributed by atoms with Crippen molar-refractivity contribution in [1.82, 2.24) is 5.43 Å². The summed E-state index contributed by atoms with van der Waals surface area (Å²) in [4.78, 5) is 0. The van der Waals surface area contributed by atoms with Crippen LogP contribution in [-0.4, -0.2) is 7.11 Å². The zero-order chi connectivity index (χ0) is 12.4. The van der Waals surface area contributed by atoms with E-state index in [2.05, 4.69) is 31.4 Å². The normalized spacial score (nSPS) is 17.6. The minimum absolute atomic E-state index is 0.222. The van der Waals surface area contributed by atoms with Gasteiger partial charge in [0.2, 0.25) is 0 Å². The molecule has 1 aliphatic carbocycles. The number of rotatable bonds is 4. The van der Waals surface area contributed by atoms with E-state index >= 15 is 0 Å². The highest BCUT2D eigenvalue weighted by molar-refractivity contribution is 5.45. The van der Waals surface area contributed by atoms with Crippen molar-refractivity contribution in [3.8, 4) is 5.75 Å². The molecular weight excluding hydrogens is 212 g/mol. The predicted molar refractivity (Wildman–Crippen MR) is 69.9 cm³/mol. The first kappa shape index (κ1) is 12.4. The highest BCUT2D eigenvalue weighted by Crippen LogP contribution is 2.41. The summed E-state index contributed by atoms with van der Waals surface area (Å²) in [5.74, 6) is 7.34. The van der Waals surface area contributed by atoms with E-state index in [0.717, 1.165) is 5.75 Å². The summed E-state index contributed by atoms with van der Waals surface area (Å²) in [6.07, 6.45) is 3.83. The van der Waals surface area contributed by atoms with Crippen LogP contribution < -0.4 is 16.0 Å². The van der Waals surface area contributed by atoms with Gasteiger partial charge in [0, 0.05) is 5.56 Å². The van der Waals surface area contributed by atoms with Gasteiger partial charge in [0.05, 0.1) is 13.2 Å². The number of hydrogen-bond acceptors (Lipinski definition) is 3. The van der Waals surface area contributed by atoms with Crippen molar-refractivity contribution in [2.75, 3.05) is 7.11 Å². The maximum atomic E-state index is 5.74. The van der Waals surface area contributed by atoms with Crippen LogP contribution in [0.3, 0.4) is 0 Å². The van der Waals surface area contributed by atoms with Crippen molar-refractivity contribution >= 4 is 0 Å². The average molecular weight is 234 g/mol. The SMILES string of the molecule is COc1cc(C)cc(C)c1C(NN)C1CCC1. The fourth-order valence-electron chi connectivity index (χ4n) is 2.74. The summed E-state index contributed by atoms with van der Waals surface area (Å²) in [7, 11) is 1.73. The maximum Gasteiger partial charge on any atom is 0.124 e. The molecule has 1 fully saturated rings. The van der Waals surface area contributed by atoms with Crippen LogP contribution in [-0.2, 0) is 0 Å². The molecular formula is C14H22N2O. The molecule has 0 bridgehead atoms. The number of benzene rings is 1. The van der Waals surface area contributed by atoms with Gasteiger partial charge in [-0.3, -0.25) is 11.3 Å². The highest BCUT2D eigenvalue weighted by Gasteiger charge is 2.30. The van der Waals surface area contributed by atoms with Gasteiger partial charge < -0.3 is 4.74 Å². The molecule has 2 rings (SSSR count). The minimum Gasteiger partial charge on any atom is -0.496 e. The van der Waals surface area contributed by atoms with Crippen LogP contribution in [0.4, 0.5) is 0 Å². The molecule has 0 heterocycles. The molecule has 94 valence electrons. The summed E-state index contributed by atoms with van der Waals surface area (Å²) in [6.45, 7) is 4.22. The van der Waals surface area contributed by atoms with E-state index in [4.69, 9.17) is 10.6 Å². The molecule has 0 saturated heterocycles. The van der Waals surface area contributed by atoms with Crippen molar-refractivity contribution in [3.05, 3.63) is 28.8 Å². The molecule has 1 unspecified atom stereocenters. The molecule has 0 radical (unpaired) electrons. The summed E-state index contributed by atoms with van der Waals surface area (Å²) < 4.78 is 5.51. The Hall–Kier alpha value is -1.06. The molecule has 1 aromatic rings. The molecule has 1 aromatic carbocycles. The zero-order valence-corrected chi connectivity index (χ0v) is 10.9. The summed E-state index contributed by atoms with van der Waals surface area (Å²) in [5.41, 5.74) is 6.69. The molecule has 17 heavy (non-hydrogen) atoms. The van der Waals surface area contributed by atoms with Crippen LogP contribution in [0.25, 0.3) is 0 Å². The number of nitrogens with one attached hydrogen (secondary N) is 1. The van der Waals surface area contributed by atoms with E-state index in [9.17, 15) is 0 Å². The Balaban J connectivity index is 2.40. The second-order valence-electron chi connectivity index (χ2n) is 5.03. The van der Waals surface area contributed by atoms with Crippen LogP contribution in [0.1, 0.15) is 42.0 Å². The number of aryl methyl sites for hydroxylation is 2. The molecule has 1 saturated carbocycles. The Labute approximate surface area is 103 Å². The van der Waals surface area contributed by atoms with Gasteiger partial charge in [-0.25, -0.2) is 0 Å². The first-order valence-corrected chi connectivity index (χ1v) is 6.28. The Morgan fingerprint density at radius 2 is 2.06 bits per heavy atom. The second kappa shape index (κ2) is 5.07. The molecule has 1 aliphatic rings. The molecule has 0 amide bonds. The third-order valence-electron chi connectivity index (χ3n) is 3.82. The van der Waals surface area contributed by atoms with E-state index in [1.165, 1.54) is 36.0 Å². The topological polar surface area (TPSA) is 47.3 Å². The first-order valence-electron chi connectivity index (χ1n) is 6.28. The monoisotopic (exact) mass is 234 g/mol. The van der Waals surface area contributed by atoms with Crippen molar-refractivity contribution in [2.24, 2.45) is 11.8 Å². The fourth-order valence-corrected chi connectivity index (χ4v) is 2.74. The molecule has 3 heteroatoms.